The number of benzene rings is 1. The highest BCUT2D eigenvalue weighted by Crippen LogP contribution is 2.42. The number of hydrogen-bond donors (Lipinski definition) is 1. The third-order valence-electron chi connectivity index (χ3n) is 6.37. The Hall–Kier alpha value is -0.960. The van der Waals surface area contributed by atoms with Crippen LogP contribution in [-0.4, -0.2) is 65.1 Å². The number of rotatable bonds is 7. The Bertz CT molecular complexity index is 778. The van der Waals surface area contributed by atoms with Gasteiger partial charge in [-0.1, -0.05) is 30.5 Å². The van der Waals surface area contributed by atoms with Crippen LogP contribution in [0.3, 0.4) is 0 Å². The molecular formula is C22H31ClF3N3OS. The number of nitrogens with one attached hydrogen (secondary N) is 1. The standard InChI is InChI=1S/C22H31ClF3N3OS/c1-3-12-31-29-10-8-28(9-11-29)21(4-6-22(25,26)7-5-21)15-27-20(30)17-14-19(24)16(2)13-18(17)23/h13-14H,3-12,15H2,1-2H3,(H,27,30). The number of hydrogen-bond acceptors (Lipinski definition) is 4. The van der Waals surface area contributed by atoms with Gasteiger partial charge in [0.1, 0.15) is 5.82 Å². The molecule has 1 N–H and O–H groups in total. The smallest absolute Gasteiger partial charge is 0.252 e. The van der Waals surface area contributed by atoms with E-state index in [0.717, 1.165) is 44.4 Å². The molecule has 0 radical (unpaired) electrons. The van der Waals surface area contributed by atoms with Crippen molar-refractivity contribution in [1.82, 2.24) is 14.5 Å². The topological polar surface area (TPSA) is 35.6 Å². The van der Waals surface area contributed by atoms with E-state index >= 15 is 0 Å². The molecule has 1 heterocycles. The van der Waals surface area contributed by atoms with E-state index in [4.69, 9.17) is 11.6 Å². The van der Waals surface area contributed by atoms with Crippen molar-refractivity contribution in [3.05, 3.63) is 34.1 Å². The average molecular weight is 478 g/mol. The highest BCUT2D eigenvalue weighted by molar-refractivity contribution is 7.97. The number of amides is 1. The molecule has 2 aliphatic rings. The molecule has 3 rings (SSSR count). The van der Waals surface area contributed by atoms with Crippen LogP contribution in [0.4, 0.5) is 13.2 Å². The van der Waals surface area contributed by atoms with Crippen molar-refractivity contribution in [3.8, 4) is 0 Å². The summed E-state index contributed by atoms with van der Waals surface area (Å²) in [5.41, 5.74) is -0.0811. The van der Waals surface area contributed by atoms with Gasteiger partial charge in [0.05, 0.1) is 10.6 Å². The van der Waals surface area contributed by atoms with Crippen LogP contribution in [0.1, 0.15) is 54.9 Å². The van der Waals surface area contributed by atoms with E-state index in [1.165, 1.54) is 6.07 Å². The van der Waals surface area contributed by atoms with Crippen LogP contribution in [0.5, 0.6) is 0 Å². The summed E-state index contributed by atoms with van der Waals surface area (Å²) in [5, 5.41) is 3.05. The summed E-state index contributed by atoms with van der Waals surface area (Å²) >= 11 is 7.98. The molecule has 0 spiro atoms. The van der Waals surface area contributed by atoms with Gasteiger partial charge in [0.25, 0.3) is 5.91 Å². The maximum Gasteiger partial charge on any atom is 0.252 e. The molecule has 1 aliphatic heterocycles. The van der Waals surface area contributed by atoms with Gasteiger partial charge in [-0.2, -0.15) is 0 Å². The van der Waals surface area contributed by atoms with Gasteiger partial charge in [0, 0.05) is 56.9 Å². The number of piperazine rings is 1. The molecule has 2 fully saturated rings. The van der Waals surface area contributed by atoms with Gasteiger partial charge in [-0.3, -0.25) is 9.69 Å². The molecule has 0 bridgehead atoms. The molecule has 1 saturated carbocycles. The van der Waals surface area contributed by atoms with Crippen molar-refractivity contribution in [1.29, 1.82) is 0 Å². The fourth-order valence-corrected chi connectivity index (χ4v) is 5.52. The Labute approximate surface area is 192 Å². The van der Waals surface area contributed by atoms with Crippen molar-refractivity contribution in [2.24, 2.45) is 0 Å². The van der Waals surface area contributed by atoms with Crippen molar-refractivity contribution in [3.63, 3.8) is 0 Å². The van der Waals surface area contributed by atoms with Crippen LogP contribution in [-0.2, 0) is 0 Å². The van der Waals surface area contributed by atoms with E-state index in [9.17, 15) is 18.0 Å². The monoisotopic (exact) mass is 477 g/mol. The number of nitrogens with zero attached hydrogens (tertiary/aromatic N) is 2. The molecule has 1 saturated heterocycles. The first-order chi connectivity index (χ1) is 14.7. The predicted octanol–water partition coefficient (Wildman–Crippen LogP) is 5.14. The molecule has 4 nitrogen and oxygen atoms in total. The summed E-state index contributed by atoms with van der Waals surface area (Å²) < 4.78 is 44.2. The Morgan fingerprint density at radius 3 is 2.42 bits per heavy atom. The van der Waals surface area contributed by atoms with Gasteiger partial charge in [0.2, 0.25) is 5.92 Å². The van der Waals surface area contributed by atoms with Crippen LogP contribution in [0.25, 0.3) is 0 Å². The first kappa shape index (κ1) is 24.7. The third kappa shape index (κ3) is 6.09. The van der Waals surface area contributed by atoms with Crippen LogP contribution < -0.4 is 5.32 Å². The van der Waals surface area contributed by atoms with Crippen LogP contribution in [0.15, 0.2) is 12.1 Å². The Morgan fingerprint density at radius 2 is 1.81 bits per heavy atom. The fourth-order valence-electron chi connectivity index (χ4n) is 4.36. The molecule has 1 amide bonds. The van der Waals surface area contributed by atoms with E-state index in [2.05, 4.69) is 21.4 Å². The largest absolute Gasteiger partial charge is 0.350 e. The summed E-state index contributed by atoms with van der Waals surface area (Å²) in [5.74, 6) is -2.56. The molecule has 9 heteroatoms. The van der Waals surface area contributed by atoms with Gasteiger partial charge < -0.3 is 5.32 Å². The molecular weight excluding hydrogens is 447 g/mol. The number of carbonyl (C=O) groups excluding carboxylic acids is 1. The minimum atomic E-state index is -2.66. The Balaban J connectivity index is 1.70. The SMILES string of the molecule is CCCSN1CCN(C2(CNC(=O)c3cc(F)c(C)cc3Cl)CCC(F)(F)CC2)CC1. The average Bonchev–Trinajstić information content (AvgIpc) is 2.74. The minimum absolute atomic E-state index is 0.0711. The summed E-state index contributed by atoms with van der Waals surface area (Å²) in [4.78, 5) is 15.0. The molecule has 0 aromatic heterocycles. The van der Waals surface area contributed by atoms with Crippen LogP contribution >= 0.6 is 23.5 Å². The second-order valence-electron chi connectivity index (χ2n) is 8.59. The second-order valence-corrected chi connectivity index (χ2v) is 10.2. The molecule has 0 atom stereocenters. The number of alkyl halides is 2. The number of aryl methyl sites for hydroxylation is 1. The number of halogens is 4. The summed E-state index contributed by atoms with van der Waals surface area (Å²) in [6.07, 6.45) is 1.37. The van der Waals surface area contributed by atoms with Crippen molar-refractivity contribution < 1.29 is 18.0 Å². The molecule has 0 unspecified atom stereocenters. The van der Waals surface area contributed by atoms with E-state index in [1.807, 2.05) is 11.9 Å². The second kappa shape index (κ2) is 10.3. The molecule has 1 aromatic carbocycles. The summed E-state index contributed by atoms with van der Waals surface area (Å²) in [6, 6.07) is 2.56. The maximum atomic E-state index is 14.0. The molecule has 174 valence electrons. The highest BCUT2D eigenvalue weighted by atomic mass is 35.5. The molecule has 1 aliphatic carbocycles. The lowest BCUT2D eigenvalue weighted by Gasteiger charge is -2.50. The zero-order chi connectivity index (χ0) is 22.6. The lowest BCUT2D eigenvalue weighted by Crippen LogP contribution is -2.62. The fraction of sp³-hybridized carbons (Fsp3) is 0.682. The first-order valence-corrected chi connectivity index (χ1v) is 12.2. The van der Waals surface area contributed by atoms with Crippen LogP contribution in [0.2, 0.25) is 5.02 Å². The Morgan fingerprint density at radius 1 is 1.16 bits per heavy atom. The zero-order valence-corrected chi connectivity index (χ0v) is 19.7. The van der Waals surface area contributed by atoms with Crippen molar-refractivity contribution in [2.45, 2.75) is 57.4 Å². The Kier molecular flexibility index (Phi) is 8.21. The normalized spacial score (nSPS) is 21.7. The molecule has 1 aromatic rings. The van der Waals surface area contributed by atoms with E-state index in [0.29, 0.717) is 18.4 Å². The lowest BCUT2D eigenvalue weighted by atomic mass is 9.78. The minimum Gasteiger partial charge on any atom is -0.350 e. The zero-order valence-electron chi connectivity index (χ0n) is 18.2. The predicted molar refractivity (Wildman–Crippen MR) is 121 cm³/mol. The quantitative estimate of drug-likeness (QED) is 0.551. The van der Waals surface area contributed by atoms with Crippen LogP contribution in [0, 0.1) is 12.7 Å². The van der Waals surface area contributed by atoms with Gasteiger partial charge in [-0.25, -0.2) is 17.5 Å². The van der Waals surface area contributed by atoms with E-state index < -0.39 is 23.2 Å². The number of carbonyl (C=O) groups is 1. The maximum absolute atomic E-state index is 14.0. The van der Waals surface area contributed by atoms with E-state index in [-0.39, 0.29) is 30.0 Å². The van der Waals surface area contributed by atoms with Gasteiger partial charge >= 0.3 is 0 Å². The highest BCUT2D eigenvalue weighted by Gasteiger charge is 2.47. The summed E-state index contributed by atoms with van der Waals surface area (Å²) in [7, 11) is 0. The molecule has 31 heavy (non-hydrogen) atoms. The van der Waals surface area contributed by atoms with Crippen molar-refractivity contribution >= 4 is 29.5 Å². The van der Waals surface area contributed by atoms with Gasteiger partial charge in [0.15, 0.2) is 0 Å². The first-order valence-electron chi connectivity index (χ1n) is 10.9. The summed E-state index contributed by atoms with van der Waals surface area (Å²) in [6.45, 7) is 7.26. The van der Waals surface area contributed by atoms with E-state index in [1.54, 1.807) is 6.92 Å². The van der Waals surface area contributed by atoms with Gasteiger partial charge in [-0.15, -0.1) is 0 Å². The lowest BCUT2D eigenvalue weighted by molar-refractivity contribution is -0.0854. The third-order valence-corrected chi connectivity index (χ3v) is 8.00. The van der Waals surface area contributed by atoms with Crippen molar-refractivity contribution in [2.75, 3.05) is 38.5 Å². The van der Waals surface area contributed by atoms with Gasteiger partial charge in [-0.05, 0) is 43.9 Å².